The van der Waals surface area contributed by atoms with Crippen LogP contribution in [0.1, 0.15) is 10.4 Å². The van der Waals surface area contributed by atoms with Gasteiger partial charge in [0.05, 0.1) is 28.4 Å². The average Bonchev–Trinajstić information content (AvgIpc) is 2.60. The topological polar surface area (TPSA) is 54.0 Å². The SMILES string of the molecule is COc1ccc(PC(=O)c2c(OC)cccc2OC)c(OC)c1.[Li+]. The Morgan fingerprint density at radius 2 is 1.42 bits per heavy atom. The standard InChI is InChI=1S/C17H19O5P.Li/c1-19-11-8-9-15(14(10-11)22-4)23-17(18)16-12(20-2)6-5-7-13(16)21-3;/h5-10,23H,1-4H3;/q;+1. The van der Waals surface area contributed by atoms with Crippen LogP contribution in [0.2, 0.25) is 0 Å². The molecule has 5 nitrogen and oxygen atoms in total. The van der Waals surface area contributed by atoms with E-state index in [1.807, 2.05) is 6.07 Å². The largest absolute Gasteiger partial charge is 1.00 e. The summed E-state index contributed by atoms with van der Waals surface area (Å²) in [6.45, 7) is 0. The summed E-state index contributed by atoms with van der Waals surface area (Å²) in [4.78, 5) is 12.8. The molecule has 24 heavy (non-hydrogen) atoms. The zero-order chi connectivity index (χ0) is 16.8. The molecule has 1 atom stereocenters. The number of ether oxygens (including phenoxy) is 4. The molecule has 0 aliphatic carbocycles. The third-order valence-electron chi connectivity index (χ3n) is 3.31. The molecule has 1 unspecified atom stereocenters. The molecule has 0 aliphatic rings. The van der Waals surface area contributed by atoms with Crippen LogP contribution in [0.5, 0.6) is 23.0 Å². The average molecular weight is 341 g/mol. The van der Waals surface area contributed by atoms with Crippen molar-refractivity contribution >= 4 is 19.4 Å². The minimum Gasteiger partial charge on any atom is -0.497 e. The number of carbonyl (C=O) groups excluding carboxylic acids is 1. The van der Waals surface area contributed by atoms with Gasteiger partial charge >= 0.3 is 18.9 Å². The fourth-order valence-corrected chi connectivity index (χ4v) is 3.24. The molecule has 0 saturated heterocycles. The van der Waals surface area contributed by atoms with Gasteiger partial charge in [0.25, 0.3) is 0 Å². The van der Waals surface area contributed by atoms with Gasteiger partial charge < -0.3 is 18.9 Å². The molecule has 0 aliphatic heterocycles. The van der Waals surface area contributed by atoms with Gasteiger partial charge in [0.15, 0.2) is 5.52 Å². The van der Waals surface area contributed by atoms with Gasteiger partial charge in [-0.3, -0.25) is 4.79 Å². The van der Waals surface area contributed by atoms with Crippen LogP contribution in [0.25, 0.3) is 0 Å². The molecule has 0 aromatic heterocycles. The van der Waals surface area contributed by atoms with E-state index in [1.165, 1.54) is 14.2 Å². The minimum atomic E-state index is -0.122. The van der Waals surface area contributed by atoms with Crippen LogP contribution in [0.15, 0.2) is 36.4 Å². The van der Waals surface area contributed by atoms with E-state index >= 15 is 0 Å². The van der Waals surface area contributed by atoms with E-state index < -0.39 is 0 Å². The Bertz CT molecular complexity index is 683. The quantitative estimate of drug-likeness (QED) is 0.519. The first-order valence-corrected chi connectivity index (χ1v) is 7.89. The third-order valence-corrected chi connectivity index (χ3v) is 4.47. The molecule has 0 bridgehead atoms. The van der Waals surface area contributed by atoms with Crippen LogP contribution in [0.4, 0.5) is 0 Å². The molecule has 0 fully saturated rings. The molecule has 2 aromatic rings. The van der Waals surface area contributed by atoms with Crippen LogP contribution in [0, 0.1) is 0 Å². The smallest absolute Gasteiger partial charge is 0.497 e. The molecule has 7 heteroatoms. The van der Waals surface area contributed by atoms with Crippen LogP contribution >= 0.6 is 8.58 Å². The van der Waals surface area contributed by atoms with E-state index in [2.05, 4.69) is 0 Å². The Labute approximate surface area is 155 Å². The van der Waals surface area contributed by atoms with Crippen molar-refractivity contribution in [2.75, 3.05) is 28.4 Å². The van der Waals surface area contributed by atoms with Crippen LogP contribution < -0.4 is 43.1 Å². The van der Waals surface area contributed by atoms with Crippen molar-refractivity contribution in [1.82, 2.24) is 0 Å². The summed E-state index contributed by atoms with van der Waals surface area (Å²) in [7, 11) is 6.09. The molecular formula is C17H19LiO5P+. The van der Waals surface area contributed by atoms with Crippen molar-refractivity contribution in [3.63, 3.8) is 0 Å². The molecule has 0 heterocycles. The van der Waals surface area contributed by atoms with Gasteiger partial charge in [-0.15, -0.1) is 0 Å². The first-order valence-electron chi connectivity index (χ1n) is 6.89. The summed E-state index contributed by atoms with van der Waals surface area (Å²) in [5.41, 5.74) is 0.358. The summed E-state index contributed by atoms with van der Waals surface area (Å²) < 4.78 is 21.1. The molecule has 2 rings (SSSR count). The fourth-order valence-electron chi connectivity index (χ4n) is 2.16. The van der Waals surface area contributed by atoms with Crippen molar-refractivity contribution in [2.45, 2.75) is 0 Å². The van der Waals surface area contributed by atoms with Crippen molar-refractivity contribution in [3.05, 3.63) is 42.0 Å². The van der Waals surface area contributed by atoms with Gasteiger partial charge in [-0.05, 0) is 32.8 Å². The summed E-state index contributed by atoms with van der Waals surface area (Å²) in [5.74, 6) is 2.28. The van der Waals surface area contributed by atoms with Gasteiger partial charge in [0.2, 0.25) is 0 Å². The van der Waals surface area contributed by atoms with E-state index in [1.54, 1.807) is 44.6 Å². The molecule has 0 N–H and O–H groups in total. The summed E-state index contributed by atoms with van der Waals surface area (Å²) in [5, 5.41) is 0.797. The van der Waals surface area contributed by atoms with E-state index in [4.69, 9.17) is 18.9 Å². The maximum Gasteiger partial charge on any atom is 1.00 e. The van der Waals surface area contributed by atoms with Gasteiger partial charge in [0, 0.05) is 11.4 Å². The Morgan fingerprint density at radius 1 is 0.833 bits per heavy atom. The first-order chi connectivity index (χ1) is 11.1. The predicted molar refractivity (Wildman–Crippen MR) is 91.4 cm³/mol. The monoisotopic (exact) mass is 341 g/mol. The predicted octanol–water partition coefficient (Wildman–Crippen LogP) is -0.131. The van der Waals surface area contributed by atoms with Crippen molar-refractivity contribution in [2.24, 2.45) is 0 Å². The number of carbonyl (C=O) groups is 1. The van der Waals surface area contributed by atoms with E-state index in [0.717, 1.165) is 5.30 Å². The molecule has 0 saturated carbocycles. The fraction of sp³-hybridized carbons (Fsp3) is 0.235. The summed E-state index contributed by atoms with van der Waals surface area (Å²) in [6, 6.07) is 10.7. The zero-order valence-corrected chi connectivity index (χ0v) is 15.5. The third kappa shape index (κ3) is 4.45. The number of rotatable bonds is 7. The van der Waals surface area contributed by atoms with Gasteiger partial charge in [-0.25, -0.2) is 0 Å². The number of hydrogen-bond donors (Lipinski definition) is 0. The minimum absolute atomic E-state index is 0. The second-order valence-electron chi connectivity index (χ2n) is 4.56. The molecule has 122 valence electrons. The Kier molecular flexibility index (Phi) is 8.14. The van der Waals surface area contributed by atoms with Gasteiger partial charge in [0.1, 0.15) is 28.6 Å². The molecule has 0 spiro atoms. The molecule has 0 radical (unpaired) electrons. The second kappa shape index (κ2) is 9.59. The maximum absolute atomic E-state index is 12.8. The van der Waals surface area contributed by atoms with E-state index in [-0.39, 0.29) is 33.0 Å². The summed E-state index contributed by atoms with van der Waals surface area (Å²) in [6.07, 6.45) is 0. The first kappa shape index (κ1) is 20.4. The van der Waals surface area contributed by atoms with Crippen LogP contribution in [-0.2, 0) is 0 Å². The van der Waals surface area contributed by atoms with Crippen LogP contribution in [0.3, 0.4) is 0 Å². The maximum atomic E-state index is 12.8. The van der Waals surface area contributed by atoms with E-state index in [0.29, 0.717) is 28.6 Å². The Hall–Kier alpha value is -1.66. The summed E-state index contributed by atoms with van der Waals surface area (Å²) >= 11 is 0. The molecule has 2 aromatic carbocycles. The number of methoxy groups -OCH3 is 4. The second-order valence-corrected chi connectivity index (χ2v) is 5.80. The van der Waals surface area contributed by atoms with Crippen molar-refractivity contribution in [1.29, 1.82) is 0 Å². The van der Waals surface area contributed by atoms with Crippen molar-refractivity contribution in [3.8, 4) is 23.0 Å². The van der Waals surface area contributed by atoms with E-state index in [9.17, 15) is 4.79 Å². The van der Waals surface area contributed by atoms with Gasteiger partial charge in [-0.1, -0.05) is 6.07 Å². The molecule has 0 amide bonds. The Morgan fingerprint density at radius 3 is 1.92 bits per heavy atom. The number of hydrogen-bond acceptors (Lipinski definition) is 5. The van der Waals surface area contributed by atoms with Crippen molar-refractivity contribution < 1.29 is 42.6 Å². The van der Waals surface area contributed by atoms with Crippen LogP contribution in [-0.4, -0.2) is 34.0 Å². The normalized spacial score (nSPS) is 10.2. The molecular weight excluding hydrogens is 322 g/mol. The van der Waals surface area contributed by atoms with Gasteiger partial charge in [-0.2, -0.15) is 0 Å². The number of benzene rings is 2. The zero-order valence-electron chi connectivity index (χ0n) is 14.5. The Balaban J connectivity index is 0.00000288.